The van der Waals surface area contributed by atoms with Gasteiger partial charge in [-0.25, -0.2) is 0 Å². The van der Waals surface area contributed by atoms with Gasteiger partial charge in [-0.05, 0) is 46.1 Å². The van der Waals surface area contributed by atoms with Gasteiger partial charge in [0.25, 0.3) is 0 Å². The van der Waals surface area contributed by atoms with Crippen LogP contribution in [-0.2, 0) is 4.79 Å². The molecular formula is C14H27N3O. The van der Waals surface area contributed by atoms with Crippen LogP contribution in [0.2, 0.25) is 0 Å². The number of amides is 1. The smallest absolute Gasteiger partial charge is 0.239 e. The van der Waals surface area contributed by atoms with Crippen molar-refractivity contribution in [1.29, 1.82) is 0 Å². The third-order valence-electron chi connectivity index (χ3n) is 4.56. The highest BCUT2D eigenvalue weighted by Crippen LogP contribution is 2.21. The topological polar surface area (TPSA) is 49.6 Å². The fourth-order valence-electron chi connectivity index (χ4n) is 3.22. The fraction of sp³-hybridized carbons (Fsp3) is 0.929. The molecule has 104 valence electrons. The van der Waals surface area contributed by atoms with Gasteiger partial charge in [-0.15, -0.1) is 0 Å². The Balaban J connectivity index is 1.91. The predicted octanol–water partition coefficient (Wildman–Crippen LogP) is 1.20. The molecule has 18 heavy (non-hydrogen) atoms. The van der Waals surface area contributed by atoms with Gasteiger partial charge in [-0.2, -0.15) is 0 Å². The number of hydrogen-bond acceptors (Lipinski definition) is 3. The summed E-state index contributed by atoms with van der Waals surface area (Å²) >= 11 is 0. The molecule has 2 saturated heterocycles. The number of nitrogens with zero attached hydrogens (tertiary/aromatic N) is 2. The summed E-state index contributed by atoms with van der Waals surface area (Å²) in [7, 11) is 0. The van der Waals surface area contributed by atoms with Crippen LogP contribution in [0.3, 0.4) is 0 Å². The number of likely N-dealkylation sites (tertiary alicyclic amines) is 2. The highest BCUT2D eigenvalue weighted by Gasteiger charge is 2.31. The van der Waals surface area contributed by atoms with Gasteiger partial charge in [-0.1, -0.05) is 6.42 Å². The summed E-state index contributed by atoms with van der Waals surface area (Å²) < 4.78 is 0. The summed E-state index contributed by atoms with van der Waals surface area (Å²) in [5.41, 5.74) is 5.89. The lowest BCUT2D eigenvalue weighted by molar-refractivity contribution is -0.138. The van der Waals surface area contributed by atoms with E-state index in [1.807, 2.05) is 4.90 Å². The Morgan fingerprint density at radius 1 is 1.17 bits per heavy atom. The molecule has 0 saturated carbocycles. The van der Waals surface area contributed by atoms with E-state index in [0.29, 0.717) is 18.0 Å². The summed E-state index contributed by atoms with van der Waals surface area (Å²) in [6.07, 6.45) is 5.66. The summed E-state index contributed by atoms with van der Waals surface area (Å²) in [6, 6.07) is 0.873. The molecule has 2 aliphatic heterocycles. The van der Waals surface area contributed by atoms with Gasteiger partial charge in [0.15, 0.2) is 0 Å². The molecule has 2 heterocycles. The summed E-state index contributed by atoms with van der Waals surface area (Å²) in [6.45, 7) is 7.06. The number of rotatable bonds is 2. The zero-order chi connectivity index (χ0) is 13.1. The van der Waals surface area contributed by atoms with Crippen molar-refractivity contribution in [3.63, 3.8) is 0 Å². The highest BCUT2D eigenvalue weighted by molar-refractivity contribution is 5.81. The summed E-state index contributed by atoms with van der Waals surface area (Å²) in [5, 5.41) is 0. The van der Waals surface area contributed by atoms with Crippen LogP contribution in [0.4, 0.5) is 0 Å². The molecule has 0 radical (unpaired) electrons. The molecule has 2 N–H and O–H groups in total. The number of hydrogen-bond donors (Lipinski definition) is 1. The zero-order valence-corrected chi connectivity index (χ0v) is 11.8. The number of carbonyl (C=O) groups is 1. The molecular weight excluding hydrogens is 226 g/mol. The fourth-order valence-corrected chi connectivity index (χ4v) is 3.22. The maximum atomic E-state index is 12.5. The minimum Gasteiger partial charge on any atom is -0.341 e. The van der Waals surface area contributed by atoms with Crippen molar-refractivity contribution in [2.75, 3.05) is 19.6 Å². The normalized spacial score (nSPS) is 29.3. The second kappa shape index (κ2) is 6.02. The van der Waals surface area contributed by atoms with E-state index < -0.39 is 0 Å². The molecule has 2 rings (SSSR count). The van der Waals surface area contributed by atoms with Gasteiger partial charge in [0.2, 0.25) is 5.91 Å². The van der Waals surface area contributed by atoms with Gasteiger partial charge in [0.1, 0.15) is 0 Å². The molecule has 2 unspecified atom stereocenters. The van der Waals surface area contributed by atoms with Crippen LogP contribution in [0.5, 0.6) is 0 Å². The van der Waals surface area contributed by atoms with Gasteiger partial charge < -0.3 is 10.6 Å². The van der Waals surface area contributed by atoms with Crippen LogP contribution in [0.1, 0.15) is 46.0 Å². The van der Waals surface area contributed by atoms with Crippen molar-refractivity contribution < 1.29 is 4.79 Å². The molecule has 0 aliphatic carbocycles. The van der Waals surface area contributed by atoms with Gasteiger partial charge in [0.05, 0.1) is 6.04 Å². The minimum absolute atomic E-state index is 0.0367. The molecule has 2 fully saturated rings. The first-order valence-electron chi connectivity index (χ1n) is 7.39. The lowest BCUT2D eigenvalue weighted by atomic mass is 10.00. The first kappa shape index (κ1) is 13.8. The lowest BCUT2D eigenvalue weighted by Gasteiger charge is -2.40. The van der Waals surface area contributed by atoms with Gasteiger partial charge >= 0.3 is 0 Å². The largest absolute Gasteiger partial charge is 0.341 e. The Morgan fingerprint density at radius 2 is 1.83 bits per heavy atom. The van der Waals surface area contributed by atoms with Crippen LogP contribution >= 0.6 is 0 Å². The van der Waals surface area contributed by atoms with E-state index in [-0.39, 0.29) is 6.04 Å². The van der Waals surface area contributed by atoms with Crippen LogP contribution in [0.15, 0.2) is 0 Å². The molecule has 4 heteroatoms. The summed E-state index contributed by atoms with van der Waals surface area (Å²) in [5.74, 6) is 0.302. The third-order valence-corrected chi connectivity index (χ3v) is 4.56. The molecule has 1 amide bonds. The Kier molecular flexibility index (Phi) is 4.62. The van der Waals surface area contributed by atoms with Crippen LogP contribution in [0.25, 0.3) is 0 Å². The van der Waals surface area contributed by atoms with E-state index in [2.05, 4.69) is 18.7 Å². The number of piperidine rings is 2. The van der Waals surface area contributed by atoms with E-state index in [1.165, 1.54) is 19.3 Å². The Labute approximate surface area is 110 Å². The average molecular weight is 253 g/mol. The first-order valence-corrected chi connectivity index (χ1v) is 7.39. The van der Waals surface area contributed by atoms with Crippen molar-refractivity contribution in [2.24, 2.45) is 5.73 Å². The molecule has 0 bridgehead atoms. The molecule has 4 nitrogen and oxygen atoms in total. The number of nitrogens with two attached hydrogens (primary N) is 1. The summed E-state index contributed by atoms with van der Waals surface area (Å²) in [4.78, 5) is 16.9. The Bertz CT molecular complexity index is 287. The number of carbonyl (C=O) groups excluding carboxylic acids is 1. The third kappa shape index (κ3) is 3.04. The molecule has 0 aromatic heterocycles. The van der Waals surface area contributed by atoms with Crippen molar-refractivity contribution in [2.45, 2.75) is 64.1 Å². The van der Waals surface area contributed by atoms with Crippen LogP contribution < -0.4 is 5.73 Å². The van der Waals surface area contributed by atoms with Gasteiger partial charge in [-0.3, -0.25) is 9.69 Å². The second-order valence-corrected chi connectivity index (χ2v) is 5.92. The molecule has 0 aromatic rings. The van der Waals surface area contributed by atoms with Gasteiger partial charge in [0, 0.05) is 25.2 Å². The van der Waals surface area contributed by atoms with Crippen molar-refractivity contribution in [3.8, 4) is 0 Å². The van der Waals surface area contributed by atoms with E-state index in [9.17, 15) is 4.79 Å². The zero-order valence-electron chi connectivity index (χ0n) is 11.8. The van der Waals surface area contributed by atoms with Crippen LogP contribution in [-0.4, -0.2) is 53.5 Å². The molecule has 0 aromatic carbocycles. The lowest BCUT2D eigenvalue weighted by Crippen LogP contribution is -2.54. The highest BCUT2D eigenvalue weighted by atomic mass is 16.2. The maximum absolute atomic E-state index is 12.5. The van der Waals surface area contributed by atoms with E-state index in [0.717, 1.165) is 32.5 Å². The van der Waals surface area contributed by atoms with Crippen LogP contribution in [0, 0.1) is 0 Å². The maximum Gasteiger partial charge on any atom is 0.239 e. The van der Waals surface area contributed by atoms with E-state index in [4.69, 9.17) is 5.73 Å². The van der Waals surface area contributed by atoms with Crippen molar-refractivity contribution in [1.82, 2.24) is 9.80 Å². The predicted molar refractivity (Wildman–Crippen MR) is 73.3 cm³/mol. The average Bonchev–Trinajstić information content (AvgIpc) is 2.38. The molecule has 0 spiro atoms. The minimum atomic E-state index is 0.0367. The van der Waals surface area contributed by atoms with E-state index >= 15 is 0 Å². The SMILES string of the molecule is CC1CCCCN1C(C)C(=O)N1CCC(N)CC1. The monoisotopic (exact) mass is 253 g/mol. The Hall–Kier alpha value is -0.610. The quantitative estimate of drug-likeness (QED) is 0.804. The second-order valence-electron chi connectivity index (χ2n) is 5.92. The first-order chi connectivity index (χ1) is 8.59. The standard InChI is InChI=1S/C14H27N3O/c1-11-5-3-4-8-17(11)12(2)14(18)16-9-6-13(15)7-10-16/h11-13H,3-10,15H2,1-2H3. The Morgan fingerprint density at radius 3 is 2.44 bits per heavy atom. The van der Waals surface area contributed by atoms with Crippen molar-refractivity contribution in [3.05, 3.63) is 0 Å². The molecule has 2 aliphatic rings. The molecule has 2 atom stereocenters. The van der Waals surface area contributed by atoms with Crippen molar-refractivity contribution >= 4 is 5.91 Å². The van der Waals surface area contributed by atoms with E-state index in [1.54, 1.807) is 0 Å².